The summed E-state index contributed by atoms with van der Waals surface area (Å²) in [5, 5.41) is 6.01. The summed E-state index contributed by atoms with van der Waals surface area (Å²) >= 11 is 1.57. The van der Waals surface area contributed by atoms with E-state index >= 15 is 0 Å². The van der Waals surface area contributed by atoms with Gasteiger partial charge in [0, 0.05) is 4.88 Å². The van der Waals surface area contributed by atoms with Crippen molar-refractivity contribution in [2.75, 3.05) is 11.9 Å². The fraction of sp³-hybridized carbons (Fsp3) is 0.739. The summed E-state index contributed by atoms with van der Waals surface area (Å²) in [7, 11) is 0. The summed E-state index contributed by atoms with van der Waals surface area (Å²) < 4.78 is 5.32. The monoisotopic (exact) mass is 421 g/mol. The molecule has 3 N–H and O–H groups in total. The minimum atomic E-state index is -0.300. The first-order valence-corrected chi connectivity index (χ1v) is 12.3. The average molecular weight is 422 g/mol. The van der Waals surface area contributed by atoms with Crippen molar-refractivity contribution < 1.29 is 19.6 Å². The van der Waals surface area contributed by atoms with Crippen molar-refractivity contribution in [2.24, 2.45) is 5.92 Å². The van der Waals surface area contributed by atoms with E-state index in [1.165, 1.54) is 49.8 Å². The molecule has 162 valence electrons. The SMILES string of the molecule is CCOC(=O)c1c(NC(=O)[C@H](C)[NH2+]C2CCCCCCC2)sc2c1CC[C@@H](C)C2. The van der Waals surface area contributed by atoms with Crippen LogP contribution in [0.4, 0.5) is 5.00 Å². The summed E-state index contributed by atoms with van der Waals surface area (Å²) in [4.78, 5) is 26.8. The van der Waals surface area contributed by atoms with E-state index in [1.54, 1.807) is 11.3 Å². The normalized spacial score (nSPS) is 21.6. The Bertz CT molecular complexity index is 707. The molecule has 1 aromatic rings. The van der Waals surface area contributed by atoms with Crippen LogP contribution in [0.15, 0.2) is 0 Å². The number of carbonyl (C=O) groups excluding carboxylic acids is 2. The van der Waals surface area contributed by atoms with Crippen LogP contribution in [0.1, 0.15) is 92.9 Å². The third-order valence-electron chi connectivity index (χ3n) is 6.35. The van der Waals surface area contributed by atoms with Gasteiger partial charge in [0.25, 0.3) is 5.91 Å². The van der Waals surface area contributed by atoms with Crippen LogP contribution in [0.25, 0.3) is 0 Å². The van der Waals surface area contributed by atoms with E-state index < -0.39 is 0 Å². The Hall–Kier alpha value is -1.40. The van der Waals surface area contributed by atoms with Gasteiger partial charge in [0.05, 0.1) is 18.2 Å². The Morgan fingerprint density at radius 2 is 1.86 bits per heavy atom. The predicted molar refractivity (Wildman–Crippen MR) is 118 cm³/mol. The standard InChI is InChI=1S/C23H36N2O3S/c1-4-28-23(27)20-18-13-12-15(2)14-19(18)29-22(20)25-21(26)16(3)24-17-10-8-6-5-7-9-11-17/h15-17,24H,4-14H2,1-3H3,(H,25,26)/p+1/t15-,16+/m1/s1. The number of nitrogens with one attached hydrogen (secondary N) is 1. The minimum Gasteiger partial charge on any atom is -0.462 e. The molecule has 0 spiro atoms. The molecule has 0 bridgehead atoms. The van der Waals surface area contributed by atoms with Crippen molar-refractivity contribution in [3.63, 3.8) is 0 Å². The maximum atomic E-state index is 13.0. The smallest absolute Gasteiger partial charge is 0.341 e. The van der Waals surface area contributed by atoms with Gasteiger partial charge in [0.2, 0.25) is 0 Å². The number of hydrogen-bond donors (Lipinski definition) is 2. The second-order valence-corrected chi connectivity index (χ2v) is 9.96. The number of rotatable bonds is 6. The van der Waals surface area contributed by atoms with Gasteiger partial charge in [-0.2, -0.15) is 0 Å². The first-order chi connectivity index (χ1) is 14.0. The maximum Gasteiger partial charge on any atom is 0.341 e. The fourth-order valence-corrected chi connectivity index (χ4v) is 6.06. The molecule has 1 aromatic heterocycles. The number of amides is 1. The van der Waals surface area contributed by atoms with Gasteiger partial charge in [0.1, 0.15) is 5.00 Å². The van der Waals surface area contributed by atoms with E-state index in [2.05, 4.69) is 17.6 Å². The lowest BCUT2D eigenvalue weighted by Crippen LogP contribution is -2.96. The number of hydrogen-bond acceptors (Lipinski definition) is 4. The second kappa shape index (κ2) is 10.6. The Kier molecular flexibility index (Phi) is 8.13. The lowest BCUT2D eigenvalue weighted by atomic mass is 9.88. The summed E-state index contributed by atoms with van der Waals surface area (Å²) in [6.07, 6.45) is 11.8. The Balaban J connectivity index is 1.70. The first kappa shape index (κ1) is 22.3. The highest BCUT2D eigenvalue weighted by Gasteiger charge is 2.31. The highest BCUT2D eigenvalue weighted by molar-refractivity contribution is 7.17. The van der Waals surface area contributed by atoms with Gasteiger partial charge >= 0.3 is 5.97 Å². The van der Waals surface area contributed by atoms with E-state index in [4.69, 9.17) is 4.74 Å². The molecule has 1 fully saturated rings. The lowest BCUT2D eigenvalue weighted by Gasteiger charge is -2.21. The number of quaternary nitrogens is 1. The summed E-state index contributed by atoms with van der Waals surface area (Å²) in [6, 6.07) is 0.366. The zero-order chi connectivity index (χ0) is 20.8. The van der Waals surface area contributed by atoms with Crippen molar-refractivity contribution in [3.05, 3.63) is 16.0 Å². The number of carbonyl (C=O) groups is 2. The molecule has 2 atom stereocenters. The first-order valence-electron chi connectivity index (χ1n) is 11.5. The quantitative estimate of drug-likeness (QED) is 0.681. The van der Waals surface area contributed by atoms with E-state index in [1.807, 2.05) is 13.8 Å². The molecule has 0 radical (unpaired) electrons. The number of nitrogens with two attached hydrogens (primary N) is 1. The number of ether oxygens (including phenoxy) is 1. The van der Waals surface area contributed by atoms with Crippen LogP contribution < -0.4 is 10.6 Å². The number of anilines is 1. The fourth-order valence-electron chi connectivity index (χ4n) is 4.66. The third kappa shape index (κ3) is 5.82. The molecule has 0 aromatic carbocycles. The predicted octanol–water partition coefficient (Wildman–Crippen LogP) is 4.05. The molecule has 1 heterocycles. The lowest BCUT2D eigenvalue weighted by molar-refractivity contribution is -0.707. The number of thiophene rings is 1. The molecular formula is C23H37N2O3S+. The van der Waals surface area contributed by atoms with Crippen molar-refractivity contribution in [1.29, 1.82) is 0 Å². The van der Waals surface area contributed by atoms with E-state index in [0.717, 1.165) is 24.8 Å². The number of fused-ring (bicyclic) bond motifs is 1. The van der Waals surface area contributed by atoms with Crippen molar-refractivity contribution >= 4 is 28.2 Å². The van der Waals surface area contributed by atoms with Crippen LogP contribution in [0.3, 0.4) is 0 Å². The zero-order valence-electron chi connectivity index (χ0n) is 18.2. The van der Waals surface area contributed by atoms with Gasteiger partial charge in [-0.3, -0.25) is 4.79 Å². The summed E-state index contributed by atoms with van der Waals surface area (Å²) in [6.45, 7) is 6.40. The van der Waals surface area contributed by atoms with Crippen LogP contribution in [0, 0.1) is 5.92 Å². The molecule has 0 aliphatic heterocycles. The third-order valence-corrected chi connectivity index (χ3v) is 7.52. The maximum absolute atomic E-state index is 13.0. The topological polar surface area (TPSA) is 72.0 Å². The van der Waals surface area contributed by atoms with Gasteiger partial charge in [-0.05, 0) is 70.3 Å². The molecule has 0 saturated heterocycles. The van der Waals surface area contributed by atoms with E-state index in [0.29, 0.717) is 29.1 Å². The molecular weight excluding hydrogens is 384 g/mol. The summed E-state index contributed by atoms with van der Waals surface area (Å²) in [5.74, 6) is 0.307. The molecule has 0 unspecified atom stereocenters. The van der Waals surface area contributed by atoms with Crippen LogP contribution in [-0.2, 0) is 22.4 Å². The van der Waals surface area contributed by atoms with Gasteiger partial charge in [-0.15, -0.1) is 11.3 Å². The van der Waals surface area contributed by atoms with E-state index in [9.17, 15) is 9.59 Å². The molecule has 5 nitrogen and oxygen atoms in total. The van der Waals surface area contributed by atoms with Crippen molar-refractivity contribution in [2.45, 2.75) is 97.1 Å². The van der Waals surface area contributed by atoms with Crippen LogP contribution >= 0.6 is 11.3 Å². The van der Waals surface area contributed by atoms with Crippen molar-refractivity contribution in [1.82, 2.24) is 0 Å². The Morgan fingerprint density at radius 3 is 2.55 bits per heavy atom. The molecule has 6 heteroatoms. The molecule has 2 aliphatic rings. The van der Waals surface area contributed by atoms with Crippen LogP contribution in [0.5, 0.6) is 0 Å². The number of esters is 1. The highest BCUT2D eigenvalue weighted by Crippen LogP contribution is 2.40. The largest absolute Gasteiger partial charge is 0.462 e. The van der Waals surface area contributed by atoms with Gasteiger partial charge in [-0.1, -0.05) is 26.2 Å². The van der Waals surface area contributed by atoms with Gasteiger partial charge in [-0.25, -0.2) is 4.79 Å². The Morgan fingerprint density at radius 1 is 1.17 bits per heavy atom. The molecule has 1 saturated carbocycles. The van der Waals surface area contributed by atoms with Gasteiger partial charge in [0.15, 0.2) is 6.04 Å². The van der Waals surface area contributed by atoms with Crippen LogP contribution in [-0.4, -0.2) is 30.6 Å². The van der Waals surface area contributed by atoms with Gasteiger partial charge < -0.3 is 15.4 Å². The molecule has 3 rings (SSSR count). The molecule has 29 heavy (non-hydrogen) atoms. The minimum absolute atomic E-state index is 0.00995. The molecule has 2 aliphatic carbocycles. The Labute approximate surface area is 179 Å². The second-order valence-electron chi connectivity index (χ2n) is 8.85. The summed E-state index contributed by atoms with van der Waals surface area (Å²) in [5.41, 5.74) is 1.70. The van der Waals surface area contributed by atoms with E-state index in [-0.39, 0.29) is 17.9 Å². The van der Waals surface area contributed by atoms with Crippen molar-refractivity contribution in [3.8, 4) is 0 Å². The molecule has 1 amide bonds. The van der Waals surface area contributed by atoms with Crippen LogP contribution in [0.2, 0.25) is 0 Å². The zero-order valence-corrected chi connectivity index (χ0v) is 19.0. The highest BCUT2D eigenvalue weighted by atomic mass is 32.1. The average Bonchev–Trinajstić information content (AvgIpc) is 3.00.